The van der Waals surface area contributed by atoms with Gasteiger partial charge in [-0.25, -0.2) is 0 Å². The lowest BCUT2D eigenvalue weighted by Crippen LogP contribution is -2.45. The van der Waals surface area contributed by atoms with Crippen LogP contribution in [0.25, 0.3) is 0 Å². The highest BCUT2D eigenvalue weighted by atomic mass is 16.3. The zero-order valence-corrected chi connectivity index (χ0v) is 11.6. The normalized spacial score (nSPS) is 11.9. The standard InChI is InChI=1S/C15H22N2O2/c1-4-17(10-11(2)3)15(19)14(16)9-12-5-7-13(18)8-6-12/h5-8,14,18H,2,4,9-10,16H2,1,3H3/t14-/m1/s1. The third-order valence-corrected chi connectivity index (χ3v) is 2.86. The van der Waals surface area contributed by atoms with Crippen LogP contribution >= 0.6 is 0 Å². The first kappa shape index (κ1) is 15.2. The first-order chi connectivity index (χ1) is 8.93. The summed E-state index contributed by atoms with van der Waals surface area (Å²) >= 11 is 0. The van der Waals surface area contributed by atoms with Crippen LogP contribution in [-0.4, -0.2) is 35.0 Å². The van der Waals surface area contributed by atoms with Gasteiger partial charge in [-0.1, -0.05) is 24.3 Å². The highest BCUT2D eigenvalue weighted by Gasteiger charge is 2.20. The van der Waals surface area contributed by atoms with Crippen LogP contribution in [0.1, 0.15) is 19.4 Å². The molecule has 0 saturated heterocycles. The molecular weight excluding hydrogens is 240 g/mol. The van der Waals surface area contributed by atoms with Crippen LogP contribution in [0, 0.1) is 0 Å². The Labute approximate surface area is 114 Å². The smallest absolute Gasteiger partial charge is 0.240 e. The molecule has 1 atom stereocenters. The average molecular weight is 262 g/mol. The van der Waals surface area contributed by atoms with Crippen molar-refractivity contribution in [1.82, 2.24) is 4.90 Å². The average Bonchev–Trinajstić information content (AvgIpc) is 2.37. The molecule has 0 spiro atoms. The third-order valence-electron chi connectivity index (χ3n) is 2.86. The summed E-state index contributed by atoms with van der Waals surface area (Å²) in [7, 11) is 0. The molecule has 1 rings (SSSR count). The van der Waals surface area contributed by atoms with Crippen LogP contribution in [-0.2, 0) is 11.2 Å². The Balaban J connectivity index is 2.65. The van der Waals surface area contributed by atoms with Crippen LogP contribution in [0.5, 0.6) is 5.75 Å². The minimum absolute atomic E-state index is 0.0708. The van der Waals surface area contributed by atoms with Crippen molar-refractivity contribution < 1.29 is 9.90 Å². The van der Waals surface area contributed by atoms with Gasteiger partial charge in [-0.05, 0) is 38.0 Å². The summed E-state index contributed by atoms with van der Waals surface area (Å²) < 4.78 is 0. The summed E-state index contributed by atoms with van der Waals surface area (Å²) in [6.07, 6.45) is 0.464. The highest BCUT2D eigenvalue weighted by molar-refractivity contribution is 5.82. The van der Waals surface area contributed by atoms with Crippen LogP contribution in [0.2, 0.25) is 0 Å². The second-order valence-corrected chi connectivity index (χ2v) is 4.79. The fraction of sp³-hybridized carbons (Fsp3) is 0.400. The van der Waals surface area contributed by atoms with Crippen LogP contribution in [0.4, 0.5) is 0 Å². The maximum absolute atomic E-state index is 12.2. The van der Waals surface area contributed by atoms with Crippen molar-refractivity contribution in [2.75, 3.05) is 13.1 Å². The molecule has 3 N–H and O–H groups in total. The molecule has 0 heterocycles. The van der Waals surface area contributed by atoms with E-state index in [2.05, 4.69) is 6.58 Å². The van der Waals surface area contributed by atoms with Crippen molar-refractivity contribution in [2.24, 2.45) is 5.73 Å². The number of hydrogen-bond acceptors (Lipinski definition) is 3. The van der Waals surface area contributed by atoms with E-state index in [-0.39, 0.29) is 11.7 Å². The predicted molar refractivity (Wildman–Crippen MR) is 76.9 cm³/mol. The molecule has 0 aliphatic heterocycles. The Morgan fingerprint density at radius 1 is 1.42 bits per heavy atom. The van der Waals surface area contributed by atoms with Crippen molar-refractivity contribution in [1.29, 1.82) is 0 Å². The van der Waals surface area contributed by atoms with Gasteiger partial charge in [-0.2, -0.15) is 0 Å². The van der Waals surface area contributed by atoms with E-state index in [9.17, 15) is 9.90 Å². The van der Waals surface area contributed by atoms with Crippen LogP contribution < -0.4 is 5.73 Å². The Hall–Kier alpha value is -1.81. The van der Waals surface area contributed by atoms with Gasteiger partial charge in [0.25, 0.3) is 0 Å². The van der Waals surface area contributed by atoms with Crippen LogP contribution in [0.3, 0.4) is 0 Å². The van der Waals surface area contributed by atoms with Crippen molar-refractivity contribution in [2.45, 2.75) is 26.3 Å². The van der Waals surface area contributed by atoms with E-state index in [1.54, 1.807) is 29.2 Å². The molecule has 0 unspecified atom stereocenters. The van der Waals surface area contributed by atoms with E-state index in [4.69, 9.17) is 5.73 Å². The monoisotopic (exact) mass is 262 g/mol. The number of likely N-dealkylation sites (N-methyl/N-ethyl adjacent to an activating group) is 1. The first-order valence-corrected chi connectivity index (χ1v) is 6.40. The predicted octanol–water partition coefficient (Wildman–Crippen LogP) is 1.69. The Morgan fingerprint density at radius 3 is 2.47 bits per heavy atom. The molecule has 4 nitrogen and oxygen atoms in total. The van der Waals surface area contributed by atoms with Gasteiger partial charge in [0.15, 0.2) is 0 Å². The Bertz CT molecular complexity index is 440. The quantitative estimate of drug-likeness (QED) is 0.767. The van der Waals surface area contributed by atoms with Gasteiger partial charge in [0.1, 0.15) is 5.75 Å². The second-order valence-electron chi connectivity index (χ2n) is 4.79. The first-order valence-electron chi connectivity index (χ1n) is 6.40. The van der Waals surface area contributed by atoms with E-state index in [1.807, 2.05) is 13.8 Å². The number of rotatable bonds is 6. The SMILES string of the molecule is C=C(C)CN(CC)C(=O)[C@H](N)Cc1ccc(O)cc1. The number of phenolic OH excluding ortho intramolecular Hbond substituents is 1. The summed E-state index contributed by atoms with van der Waals surface area (Å²) in [5.74, 6) is 0.139. The Kier molecular flexibility index (Phi) is 5.57. The van der Waals surface area contributed by atoms with Gasteiger partial charge < -0.3 is 15.7 Å². The fourth-order valence-corrected chi connectivity index (χ4v) is 1.88. The van der Waals surface area contributed by atoms with E-state index in [1.165, 1.54) is 0 Å². The molecule has 0 aromatic heterocycles. The lowest BCUT2D eigenvalue weighted by molar-refractivity contribution is -0.131. The topological polar surface area (TPSA) is 66.6 Å². The molecule has 0 radical (unpaired) electrons. The molecule has 0 aliphatic carbocycles. The Morgan fingerprint density at radius 2 is 2.00 bits per heavy atom. The molecule has 0 aliphatic rings. The third kappa shape index (κ3) is 4.75. The van der Waals surface area contributed by atoms with Gasteiger partial charge in [0.2, 0.25) is 5.91 Å². The second kappa shape index (κ2) is 6.95. The number of hydrogen-bond donors (Lipinski definition) is 2. The van der Waals surface area contributed by atoms with Gasteiger partial charge in [-0.3, -0.25) is 4.79 Å². The number of aromatic hydroxyl groups is 1. The summed E-state index contributed by atoms with van der Waals surface area (Å²) in [5, 5.41) is 9.21. The van der Waals surface area contributed by atoms with Crippen LogP contribution in [0.15, 0.2) is 36.4 Å². The molecule has 1 aromatic carbocycles. The minimum atomic E-state index is -0.566. The van der Waals surface area contributed by atoms with Crippen molar-refractivity contribution >= 4 is 5.91 Å². The van der Waals surface area contributed by atoms with Gasteiger partial charge >= 0.3 is 0 Å². The highest BCUT2D eigenvalue weighted by Crippen LogP contribution is 2.11. The number of carbonyl (C=O) groups excluding carboxylic acids is 1. The van der Waals surface area contributed by atoms with Gasteiger partial charge in [0, 0.05) is 13.1 Å². The number of amides is 1. The van der Waals surface area contributed by atoms with Gasteiger partial charge in [0.05, 0.1) is 6.04 Å². The molecule has 0 fully saturated rings. The van der Waals surface area contributed by atoms with Crippen molar-refractivity contribution in [3.05, 3.63) is 42.0 Å². The number of nitrogens with two attached hydrogens (primary N) is 1. The minimum Gasteiger partial charge on any atom is -0.508 e. The molecule has 0 bridgehead atoms. The van der Waals surface area contributed by atoms with Gasteiger partial charge in [-0.15, -0.1) is 0 Å². The number of phenols is 1. The zero-order valence-electron chi connectivity index (χ0n) is 11.6. The lowest BCUT2D eigenvalue weighted by atomic mass is 10.1. The summed E-state index contributed by atoms with van der Waals surface area (Å²) in [6, 6.07) is 6.18. The van der Waals surface area contributed by atoms with E-state index < -0.39 is 6.04 Å². The number of nitrogens with zero attached hydrogens (tertiary/aromatic N) is 1. The maximum Gasteiger partial charge on any atom is 0.240 e. The molecule has 19 heavy (non-hydrogen) atoms. The van der Waals surface area contributed by atoms with E-state index in [0.717, 1.165) is 11.1 Å². The van der Waals surface area contributed by atoms with Crippen molar-refractivity contribution in [3.63, 3.8) is 0 Å². The summed E-state index contributed by atoms with van der Waals surface area (Å²) in [6.45, 7) is 8.79. The van der Waals surface area contributed by atoms with Crippen molar-refractivity contribution in [3.8, 4) is 5.75 Å². The molecule has 104 valence electrons. The molecule has 1 amide bonds. The number of benzene rings is 1. The summed E-state index contributed by atoms with van der Waals surface area (Å²) in [5.41, 5.74) is 7.83. The van der Waals surface area contributed by atoms with E-state index in [0.29, 0.717) is 19.5 Å². The number of carbonyl (C=O) groups is 1. The lowest BCUT2D eigenvalue weighted by Gasteiger charge is -2.24. The fourth-order valence-electron chi connectivity index (χ4n) is 1.88. The molecular formula is C15H22N2O2. The molecule has 1 aromatic rings. The molecule has 4 heteroatoms. The van der Waals surface area contributed by atoms with E-state index >= 15 is 0 Å². The largest absolute Gasteiger partial charge is 0.508 e. The molecule has 0 saturated carbocycles. The maximum atomic E-state index is 12.2. The zero-order chi connectivity index (χ0) is 14.4. The summed E-state index contributed by atoms with van der Waals surface area (Å²) in [4.78, 5) is 13.9.